The standard InChI is InChI=1S/C37H33BrN2O8S/c1-46-28-18-16-24(17-19-28)22-47-37(45)33(29(42)21-38)40-35(44)32(36(40)49-23-41)39-31(43)20-27-14-8-9-15-30(27)48-34(25-10-4-2-5-11-25)26-12-6-3-7-13-26/h2-19,23,32,34,36,42H,20-22H2,1H3,(H,39,43)/b33-29+. The maximum absolute atomic E-state index is 13.4. The molecule has 0 bridgehead atoms. The Bertz CT molecular complexity index is 1760. The lowest BCUT2D eigenvalue weighted by atomic mass is 10.0. The molecule has 49 heavy (non-hydrogen) atoms. The number of halogens is 1. The third kappa shape index (κ3) is 8.51. The molecule has 4 aromatic rings. The summed E-state index contributed by atoms with van der Waals surface area (Å²) in [5.41, 5.74) is 3.17. The normalized spacial score (nSPS) is 15.9. The van der Waals surface area contributed by atoms with Crippen molar-refractivity contribution in [1.82, 2.24) is 10.2 Å². The largest absolute Gasteiger partial charge is 0.509 e. The van der Waals surface area contributed by atoms with Crippen molar-refractivity contribution in [2.75, 3.05) is 12.4 Å². The lowest BCUT2D eigenvalue weighted by Gasteiger charge is -2.45. The predicted molar refractivity (Wildman–Crippen MR) is 189 cm³/mol. The number of allylic oxidation sites excluding steroid dienone is 1. The van der Waals surface area contributed by atoms with Crippen LogP contribution in [0.1, 0.15) is 28.4 Å². The van der Waals surface area contributed by atoms with Crippen molar-refractivity contribution >= 4 is 51.1 Å². The van der Waals surface area contributed by atoms with Gasteiger partial charge in [0.05, 0.1) is 18.9 Å². The van der Waals surface area contributed by atoms with E-state index in [2.05, 4.69) is 21.2 Å². The first-order valence-corrected chi connectivity index (χ1v) is 17.2. The average molecular weight is 746 g/mol. The Balaban J connectivity index is 1.29. The number of carbonyl (C=O) groups is 4. The Hall–Kier alpha value is -5.07. The van der Waals surface area contributed by atoms with Gasteiger partial charge in [0, 0.05) is 5.56 Å². The molecule has 1 aliphatic heterocycles. The molecule has 12 heteroatoms. The number of hydrogen-bond donors (Lipinski definition) is 2. The monoisotopic (exact) mass is 744 g/mol. The molecule has 1 fully saturated rings. The van der Waals surface area contributed by atoms with Gasteiger partial charge < -0.3 is 24.6 Å². The number of rotatable bonds is 15. The molecule has 4 aromatic carbocycles. The van der Waals surface area contributed by atoms with Crippen molar-refractivity contribution in [3.63, 3.8) is 0 Å². The molecule has 2 atom stereocenters. The number of benzene rings is 4. The summed E-state index contributed by atoms with van der Waals surface area (Å²) < 4.78 is 17.1. The van der Waals surface area contributed by atoms with Gasteiger partial charge in [-0.05, 0) is 34.9 Å². The van der Waals surface area contributed by atoms with Crippen molar-refractivity contribution in [3.8, 4) is 11.5 Å². The van der Waals surface area contributed by atoms with E-state index in [4.69, 9.17) is 14.2 Å². The van der Waals surface area contributed by atoms with E-state index in [-0.39, 0.29) is 18.4 Å². The number of aliphatic hydroxyl groups excluding tert-OH is 1. The summed E-state index contributed by atoms with van der Waals surface area (Å²) in [7, 11) is 1.53. The highest BCUT2D eigenvalue weighted by Gasteiger charge is 2.53. The summed E-state index contributed by atoms with van der Waals surface area (Å²) in [6, 6.07) is 32.3. The lowest BCUT2D eigenvalue weighted by molar-refractivity contribution is -0.153. The van der Waals surface area contributed by atoms with E-state index in [1.807, 2.05) is 66.7 Å². The zero-order valence-corrected chi connectivity index (χ0v) is 28.8. The second kappa shape index (κ2) is 16.8. The summed E-state index contributed by atoms with van der Waals surface area (Å²) in [4.78, 5) is 52.6. The summed E-state index contributed by atoms with van der Waals surface area (Å²) in [5.74, 6) is -1.51. The molecule has 5 rings (SSSR count). The van der Waals surface area contributed by atoms with Crippen LogP contribution in [0.15, 0.2) is 121 Å². The number of alkyl halides is 1. The molecule has 252 valence electrons. The molecule has 0 aliphatic carbocycles. The first-order valence-electron chi connectivity index (χ1n) is 15.2. The van der Waals surface area contributed by atoms with Crippen LogP contribution in [0.3, 0.4) is 0 Å². The van der Waals surface area contributed by atoms with E-state index in [0.717, 1.165) is 16.0 Å². The average Bonchev–Trinajstić information content (AvgIpc) is 3.14. The van der Waals surface area contributed by atoms with Crippen LogP contribution in [-0.4, -0.2) is 57.3 Å². The smallest absolute Gasteiger partial charge is 0.358 e. The minimum absolute atomic E-state index is 0.131. The van der Waals surface area contributed by atoms with Crippen molar-refractivity contribution in [3.05, 3.63) is 143 Å². The molecule has 0 spiro atoms. The van der Waals surface area contributed by atoms with E-state index in [1.165, 1.54) is 7.11 Å². The number of ether oxygens (including phenoxy) is 3. The quantitative estimate of drug-likeness (QED) is 0.0382. The number of esters is 1. The first kappa shape index (κ1) is 35.2. The number of nitrogens with zero attached hydrogens (tertiary/aromatic N) is 1. The zero-order valence-electron chi connectivity index (χ0n) is 26.4. The number of amides is 2. The number of carbonyl (C=O) groups excluding carboxylic acids is 4. The Morgan fingerprint density at radius 3 is 2.14 bits per heavy atom. The van der Waals surface area contributed by atoms with Crippen LogP contribution in [0.2, 0.25) is 0 Å². The predicted octanol–water partition coefficient (Wildman–Crippen LogP) is 5.89. The topological polar surface area (TPSA) is 131 Å². The first-order chi connectivity index (χ1) is 23.8. The van der Waals surface area contributed by atoms with Crippen molar-refractivity contribution in [1.29, 1.82) is 0 Å². The maximum atomic E-state index is 13.4. The van der Waals surface area contributed by atoms with E-state index < -0.39 is 46.8 Å². The van der Waals surface area contributed by atoms with Gasteiger partial charge in [-0.1, -0.05) is 119 Å². The second-order valence-electron chi connectivity index (χ2n) is 10.8. The van der Waals surface area contributed by atoms with Gasteiger partial charge >= 0.3 is 5.97 Å². The number of thioether (sulfide) groups is 1. The number of β-lactam (4-membered cyclic amide) rings is 1. The summed E-state index contributed by atoms with van der Waals surface area (Å²) in [5, 5.41) is 12.2. The Morgan fingerprint density at radius 2 is 1.55 bits per heavy atom. The van der Waals surface area contributed by atoms with Crippen molar-refractivity contribution < 1.29 is 38.5 Å². The highest BCUT2D eigenvalue weighted by Crippen LogP contribution is 2.35. The highest BCUT2D eigenvalue weighted by atomic mass is 79.9. The molecular formula is C37H33BrN2O8S. The van der Waals surface area contributed by atoms with E-state index in [1.54, 1.807) is 42.5 Å². The van der Waals surface area contributed by atoms with Crippen molar-refractivity contribution in [2.45, 2.75) is 30.5 Å². The van der Waals surface area contributed by atoms with Gasteiger partial charge in [-0.15, -0.1) is 0 Å². The van der Waals surface area contributed by atoms with Crippen LogP contribution in [0.4, 0.5) is 0 Å². The van der Waals surface area contributed by atoms with E-state index >= 15 is 0 Å². The number of likely N-dealkylation sites (tertiary alicyclic amines) is 1. The fourth-order valence-corrected chi connectivity index (χ4v) is 6.31. The van der Waals surface area contributed by atoms with Gasteiger partial charge in [0.1, 0.15) is 41.4 Å². The SMILES string of the molecule is COc1ccc(COC(=O)/C(=C(\O)CBr)N2C(=O)C(NC(=O)Cc3ccccc3OC(c3ccccc3)c3ccccc3)C2SC=O)cc1. The van der Waals surface area contributed by atoms with Crippen LogP contribution in [-0.2, 0) is 36.9 Å². The van der Waals surface area contributed by atoms with Crippen molar-refractivity contribution in [2.24, 2.45) is 0 Å². The summed E-state index contributed by atoms with van der Waals surface area (Å²) in [6.07, 6.45) is -0.577. The molecule has 2 unspecified atom stereocenters. The Morgan fingerprint density at radius 1 is 0.939 bits per heavy atom. The highest BCUT2D eigenvalue weighted by molar-refractivity contribution is 9.09. The molecule has 0 aromatic heterocycles. The minimum Gasteiger partial charge on any atom is -0.509 e. The number of hydrogen-bond acceptors (Lipinski definition) is 9. The fourth-order valence-electron chi connectivity index (χ4n) is 5.26. The second-order valence-corrected chi connectivity index (χ2v) is 12.3. The number of methoxy groups -OCH3 is 1. The van der Waals surface area contributed by atoms with Gasteiger partial charge in [0.15, 0.2) is 11.3 Å². The third-order valence-corrected chi connectivity index (χ3v) is 9.09. The van der Waals surface area contributed by atoms with Crippen LogP contribution >= 0.6 is 27.7 Å². The molecule has 1 aliphatic rings. The van der Waals surface area contributed by atoms with Gasteiger partial charge in [0.2, 0.25) is 5.91 Å². The summed E-state index contributed by atoms with van der Waals surface area (Å²) >= 11 is 3.80. The summed E-state index contributed by atoms with van der Waals surface area (Å²) in [6.45, 7) is -0.146. The molecule has 0 radical (unpaired) electrons. The molecular weight excluding hydrogens is 712 g/mol. The van der Waals surface area contributed by atoms with Crippen LogP contribution in [0.25, 0.3) is 0 Å². The molecule has 1 heterocycles. The Kier molecular flexibility index (Phi) is 12.1. The van der Waals surface area contributed by atoms with Gasteiger partial charge in [-0.3, -0.25) is 19.3 Å². The molecule has 1 saturated heterocycles. The maximum Gasteiger partial charge on any atom is 0.358 e. The van der Waals surface area contributed by atoms with Gasteiger partial charge in [-0.25, -0.2) is 4.79 Å². The van der Waals surface area contributed by atoms with Crippen LogP contribution in [0, 0.1) is 0 Å². The fraction of sp³-hybridized carbons (Fsp3) is 0.189. The molecule has 10 nitrogen and oxygen atoms in total. The molecule has 2 amide bonds. The number of para-hydroxylation sites is 1. The zero-order chi connectivity index (χ0) is 34.8. The van der Waals surface area contributed by atoms with E-state index in [9.17, 15) is 24.3 Å². The third-order valence-electron chi connectivity index (χ3n) is 7.69. The van der Waals surface area contributed by atoms with Gasteiger partial charge in [0.25, 0.3) is 5.91 Å². The van der Waals surface area contributed by atoms with Crippen LogP contribution in [0.5, 0.6) is 11.5 Å². The number of aliphatic hydroxyl groups is 1. The number of nitrogens with one attached hydrogen (secondary N) is 1. The minimum atomic E-state index is -1.15. The van der Waals surface area contributed by atoms with Crippen LogP contribution < -0.4 is 14.8 Å². The molecule has 2 N–H and O–H groups in total. The molecule has 0 saturated carbocycles. The van der Waals surface area contributed by atoms with Gasteiger partial charge in [-0.2, -0.15) is 0 Å². The van der Waals surface area contributed by atoms with E-state index in [0.29, 0.717) is 40.0 Å². The Labute approximate surface area is 296 Å². The lowest BCUT2D eigenvalue weighted by Crippen LogP contribution is -2.69.